The smallest absolute Gasteiger partial charge is 0.0689 e. The van der Waals surface area contributed by atoms with Gasteiger partial charge in [0.25, 0.3) is 0 Å². The Hall–Kier alpha value is -0.540. The van der Waals surface area contributed by atoms with Gasteiger partial charge in [0.15, 0.2) is 0 Å². The molecule has 4 heteroatoms. The topological polar surface area (TPSA) is 12.0 Å². The molecule has 0 aliphatic heterocycles. The highest BCUT2D eigenvalue weighted by Crippen LogP contribution is 2.35. The van der Waals surface area contributed by atoms with E-state index in [0.717, 1.165) is 27.0 Å². The van der Waals surface area contributed by atoms with E-state index < -0.39 is 0 Å². The molecule has 1 N–H and O–H groups in total. The fourth-order valence-electron chi connectivity index (χ4n) is 2.00. The molecule has 1 aromatic carbocycles. The molecule has 0 aliphatic rings. The van der Waals surface area contributed by atoms with Crippen LogP contribution in [-0.2, 0) is 0 Å². The molecule has 2 rings (SSSR count). The Kier molecular flexibility index (Phi) is 4.68. The molecule has 0 saturated carbocycles. The standard InChI is InChI=1S/C14H15Cl2NS/c1-3-17-13(14-12(16)7-8-18-14)10-5-4-6-11(15)9(10)2/h4-8,13,17H,3H2,1-2H3. The third-order valence-electron chi connectivity index (χ3n) is 2.94. The first kappa shape index (κ1) is 13.9. The van der Waals surface area contributed by atoms with Crippen molar-refractivity contribution in [2.45, 2.75) is 19.9 Å². The largest absolute Gasteiger partial charge is 0.306 e. The van der Waals surface area contributed by atoms with Crippen molar-refractivity contribution in [3.63, 3.8) is 0 Å². The maximum atomic E-state index is 6.25. The summed E-state index contributed by atoms with van der Waals surface area (Å²) < 4.78 is 0. The van der Waals surface area contributed by atoms with E-state index in [9.17, 15) is 0 Å². The highest BCUT2D eigenvalue weighted by atomic mass is 35.5. The lowest BCUT2D eigenvalue weighted by atomic mass is 10.00. The van der Waals surface area contributed by atoms with Crippen molar-refractivity contribution >= 4 is 34.5 Å². The first-order chi connectivity index (χ1) is 8.65. The molecule has 0 fully saturated rings. The maximum absolute atomic E-state index is 6.25. The van der Waals surface area contributed by atoms with Gasteiger partial charge in [-0.2, -0.15) is 0 Å². The van der Waals surface area contributed by atoms with Crippen LogP contribution in [0.3, 0.4) is 0 Å². The monoisotopic (exact) mass is 299 g/mol. The van der Waals surface area contributed by atoms with Gasteiger partial charge in [0.05, 0.1) is 11.1 Å². The zero-order valence-electron chi connectivity index (χ0n) is 10.3. The molecule has 0 amide bonds. The van der Waals surface area contributed by atoms with Crippen molar-refractivity contribution in [2.75, 3.05) is 6.54 Å². The minimum atomic E-state index is 0.112. The van der Waals surface area contributed by atoms with Gasteiger partial charge in [-0.3, -0.25) is 0 Å². The van der Waals surface area contributed by atoms with E-state index in [4.69, 9.17) is 23.2 Å². The van der Waals surface area contributed by atoms with Crippen molar-refractivity contribution in [2.24, 2.45) is 0 Å². The summed E-state index contributed by atoms with van der Waals surface area (Å²) in [5.74, 6) is 0. The molecule has 18 heavy (non-hydrogen) atoms. The summed E-state index contributed by atoms with van der Waals surface area (Å²) in [7, 11) is 0. The highest BCUT2D eigenvalue weighted by molar-refractivity contribution is 7.10. The number of halogens is 2. The molecule has 0 aliphatic carbocycles. The molecule has 1 nitrogen and oxygen atoms in total. The summed E-state index contributed by atoms with van der Waals surface area (Å²) in [4.78, 5) is 1.14. The van der Waals surface area contributed by atoms with E-state index >= 15 is 0 Å². The van der Waals surface area contributed by atoms with Crippen molar-refractivity contribution < 1.29 is 0 Å². The fourth-order valence-corrected chi connectivity index (χ4v) is 3.44. The van der Waals surface area contributed by atoms with E-state index in [1.54, 1.807) is 11.3 Å². The molecule has 1 heterocycles. The Morgan fingerprint density at radius 2 is 2.00 bits per heavy atom. The normalized spacial score (nSPS) is 12.7. The lowest BCUT2D eigenvalue weighted by molar-refractivity contribution is 0.637. The van der Waals surface area contributed by atoms with Gasteiger partial charge >= 0.3 is 0 Å². The Bertz CT molecular complexity index is 536. The quantitative estimate of drug-likeness (QED) is 0.832. The maximum Gasteiger partial charge on any atom is 0.0689 e. The van der Waals surface area contributed by atoms with Crippen molar-refractivity contribution in [1.82, 2.24) is 5.32 Å². The number of thiophene rings is 1. The van der Waals surface area contributed by atoms with Gasteiger partial charge in [0.2, 0.25) is 0 Å². The Morgan fingerprint density at radius 3 is 2.61 bits per heavy atom. The van der Waals surface area contributed by atoms with Crippen LogP contribution in [0.15, 0.2) is 29.6 Å². The van der Waals surface area contributed by atoms with Crippen LogP contribution < -0.4 is 5.32 Å². The molecule has 0 spiro atoms. The van der Waals surface area contributed by atoms with Gasteiger partial charge in [-0.25, -0.2) is 0 Å². The van der Waals surface area contributed by atoms with Crippen LogP contribution in [0, 0.1) is 6.92 Å². The molecule has 0 saturated heterocycles. The molecule has 2 aromatic rings. The Morgan fingerprint density at radius 1 is 1.22 bits per heavy atom. The Balaban J connectivity index is 2.48. The number of hydrogen-bond acceptors (Lipinski definition) is 2. The van der Waals surface area contributed by atoms with Crippen LogP contribution in [0.2, 0.25) is 10.0 Å². The molecule has 1 aromatic heterocycles. The van der Waals surface area contributed by atoms with E-state index in [1.165, 1.54) is 5.56 Å². The summed E-state index contributed by atoms with van der Waals surface area (Å²) in [6.07, 6.45) is 0. The van der Waals surface area contributed by atoms with Crippen LogP contribution in [0.25, 0.3) is 0 Å². The molecule has 96 valence electrons. The van der Waals surface area contributed by atoms with Gasteiger partial charge < -0.3 is 5.32 Å². The molecule has 0 bridgehead atoms. The first-order valence-electron chi connectivity index (χ1n) is 5.86. The molecular formula is C14H15Cl2NS. The first-order valence-corrected chi connectivity index (χ1v) is 7.50. The second kappa shape index (κ2) is 6.07. The van der Waals surface area contributed by atoms with E-state index in [2.05, 4.69) is 18.3 Å². The SMILES string of the molecule is CCNC(c1cccc(Cl)c1C)c1sccc1Cl. The molecule has 0 radical (unpaired) electrons. The van der Waals surface area contributed by atoms with Gasteiger partial charge in [0, 0.05) is 9.90 Å². The van der Waals surface area contributed by atoms with Crippen LogP contribution in [0.4, 0.5) is 0 Å². The molecule has 1 unspecified atom stereocenters. The second-order valence-electron chi connectivity index (χ2n) is 4.08. The third-order valence-corrected chi connectivity index (χ3v) is 4.77. The molecular weight excluding hydrogens is 285 g/mol. The van der Waals surface area contributed by atoms with Crippen molar-refractivity contribution in [3.05, 3.63) is 55.7 Å². The van der Waals surface area contributed by atoms with Gasteiger partial charge in [-0.15, -0.1) is 11.3 Å². The number of benzene rings is 1. The summed E-state index contributed by atoms with van der Waals surface area (Å²) >= 11 is 14.1. The summed E-state index contributed by atoms with van der Waals surface area (Å²) in [5.41, 5.74) is 2.29. The second-order valence-corrected chi connectivity index (χ2v) is 5.84. The number of rotatable bonds is 4. The Labute approximate surface area is 122 Å². The van der Waals surface area contributed by atoms with Crippen LogP contribution >= 0.6 is 34.5 Å². The lowest BCUT2D eigenvalue weighted by Crippen LogP contribution is -2.22. The summed E-state index contributed by atoms with van der Waals surface area (Å²) in [5, 5.41) is 7.10. The van der Waals surface area contributed by atoms with Gasteiger partial charge in [-0.05, 0) is 42.1 Å². The van der Waals surface area contributed by atoms with Crippen LogP contribution in [0.1, 0.15) is 29.0 Å². The highest BCUT2D eigenvalue weighted by Gasteiger charge is 2.19. The minimum Gasteiger partial charge on any atom is -0.306 e. The average Bonchev–Trinajstić information content (AvgIpc) is 2.76. The van der Waals surface area contributed by atoms with E-state index in [-0.39, 0.29) is 6.04 Å². The third kappa shape index (κ3) is 2.72. The van der Waals surface area contributed by atoms with E-state index in [0.29, 0.717) is 0 Å². The van der Waals surface area contributed by atoms with Crippen molar-refractivity contribution in [3.8, 4) is 0 Å². The molecule has 1 atom stereocenters. The van der Waals surface area contributed by atoms with E-state index in [1.807, 2.05) is 30.5 Å². The van der Waals surface area contributed by atoms with Crippen LogP contribution in [0.5, 0.6) is 0 Å². The zero-order chi connectivity index (χ0) is 13.1. The van der Waals surface area contributed by atoms with Gasteiger partial charge in [-0.1, -0.05) is 42.3 Å². The zero-order valence-corrected chi connectivity index (χ0v) is 12.7. The predicted molar refractivity (Wildman–Crippen MR) is 81.0 cm³/mol. The average molecular weight is 300 g/mol. The van der Waals surface area contributed by atoms with Crippen LogP contribution in [-0.4, -0.2) is 6.54 Å². The summed E-state index contributed by atoms with van der Waals surface area (Å²) in [6, 6.07) is 8.05. The number of nitrogens with one attached hydrogen (secondary N) is 1. The predicted octanol–water partition coefficient (Wildman–Crippen LogP) is 5.06. The van der Waals surface area contributed by atoms with Gasteiger partial charge in [0.1, 0.15) is 0 Å². The van der Waals surface area contributed by atoms with Crippen molar-refractivity contribution in [1.29, 1.82) is 0 Å². The lowest BCUT2D eigenvalue weighted by Gasteiger charge is -2.20. The number of hydrogen-bond donors (Lipinski definition) is 1. The summed E-state index contributed by atoms with van der Waals surface area (Å²) in [6.45, 7) is 5.02. The fraction of sp³-hybridized carbons (Fsp3) is 0.286. The minimum absolute atomic E-state index is 0.112.